The summed E-state index contributed by atoms with van der Waals surface area (Å²) >= 11 is 0. The van der Waals surface area contributed by atoms with Gasteiger partial charge in [-0.1, -0.05) is 88.8 Å². The molecule has 4 rings (SSSR count). The minimum atomic E-state index is -0.309. The van der Waals surface area contributed by atoms with Gasteiger partial charge in [-0.3, -0.25) is 0 Å². The van der Waals surface area contributed by atoms with Crippen LogP contribution in [-0.2, 0) is 9.47 Å². The zero-order valence-corrected chi connectivity index (χ0v) is 21.2. The molecule has 1 saturated carbocycles. The van der Waals surface area contributed by atoms with E-state index in [0.29, 0.717) is 17.4 Å². The zero-order valence-electron chi connectivity index (χ0n) is 21.2. The Morgan fingerprint density at radius 1 is 0.735 bits per heavy atom. The van der Waals surface area contributed by atoms with Gasteiger partial charge in [0.25, 0.3) is 0 Å². The van der Waals surface area contributed by atoms with Crippen LogP contribution < -0.4 is 0 Å². The second-order valence-electron chi connectivity index (χ2n) is 10.6. The molecule has 2 nitrogen and oxygen atoms in total. The van der Waals surface area contributed by atoms with E-state index in [0.717, 1.165) is 30.3 Å². The van der Waals surface area contributed by atoms with Gasteiger partial charge >= 0.3 is 0 Å². The molecular weight excluding hydrogens is 423 g/mol. The van der Waals surface area contributed by atoms with Crippen molar-refractivity contribution in [2.45, 2.75) is 96.7 Å². The van der Waals surface area contributed by atoms with E-state index >= 15 is 4.39 Å². The predicted octanol–water partition coefficient (Wildman–Crippen LogP) is 9.20. The molecule has 0 aromatic heterocycles. The highest BCUT2D eigenvalue weighted by Gasteiger charge is 2.24. The quantitative estimate of drug-likeness (QED) is 0.325. The van der Waals surface area contributed by atoms with E-state index in [4.69, 9.17) is 9.47 Å². The maximum absolute atomic E-state index is 15.1. The molecule has 0 radical (unpaired) electrons. The maximum atomic E-state index is 15.1. The van der Waals surface area contributed by atoms with Gasteiger partial charge in [-0.05, 0) is 61.1 Å². The molecule has 1 saturated heterocycles. The van der Waals surface area contributed by atoms with Crippen molar-refractivity contribution in [3.8, 4) is 11.1 Å². The third kappa shape index (κ3) is 6.70. The topological polar surface area (TPSA) is 18.5 Å². The second kappa shape index (κ2) is 12.8. The molecule has 0 atom stereocenters. The predicted molar refractivity (Wildman–Crippen MR) is 138 cm³/mol. The largest absolute Gasteiger partial charge is 0.348 e. The lowest BCUT2D eigenvalue weighted by Crippen LogP contribution is -2.27. The molecule has 2 fully saturated rings. The van der Waals surface area contributed by atoms with E-state index in [2.05, 4.69) is 19.9 Å². The third-order valence-electron chi connectivity index (χ3n) is 7.95. The van der Waals surface area contributed by atoms with Gasteiger partial charge in [0.05, 0.1) is 13.2 Å². The molecule has 3 heteroatoms. The van der Waals surface area contributed by atoms with Crippen LogP contribution in [0.4, 0.5) is 4.39 Å². The first-order valence-electron chi connectivity index (χ1n) is 13.8. The van der Waals surface area contributed by atoms with Crippen LogP contribution >= 0.6 is 0 Å². The Balaban J connectivity index is 1.32. The Bertz CT molecular complexity index is 862. The van der Waals surface area contributed by atoms with Crippen molar-refractivity contribution in [2.75, 3.05) is 13.2 Å². The SMILES string of the molecule is CCCCCC1COC(c2ccc(-c3ccc(C4CCC(CCCC)CC4)cc3F)cc2)OC1. The Hall–Kier alpha value is -1.71. The van der Waals surface area contributed by atoms with E-state index in [9.17, 15) is 0 Å². The lowest BCUT2D eigenvalue weighted by atomic mass is 9.77. The van der Waals surface area contributed by atoms with Crippen molar-refractivity contribution < 1.29 is 13.9 Å². The van der Waals surface area contributed by atoms with Gasteiger partial charge in [0, 0.05) is 17.0 Å². The highest BCUT2D eigenvalue weighted by atomic mass is 19.1. The van der Waals surface area contributed by atoms with E-state index in [1.807, 2.05) is 30.3 Å². The van der Waals surface area contributed by atoms with Gasteiger partial charge < -0.3 is 9.47 Å². The number of halogens is 1. The fraction of sp³-hybridized carbons (Fsp3) is 0.613. The van der Waals surface area contributed by atoms with Crippen LogP contribution in [0.2, 0.25) is 0 Å². The monoisotopic (exact) mass is 466 g/mol. The van der Waals surface area contributed by atoms with Crippen LogP contribution in [0.3, 0.4) is 0 Å². The summed E-state index contributed by atoms with van der Waals surface area (Å²) in [4.78, 5) is 0. The molecule has 0 N–H and O–H groups in total. The fourth-order valence-electron chi connectivity index (χ4n) is 5.70. The molecule has 1 heterocycles. The number of unbranched alkanes of at least 4 members (excludes halogenated alkanes) is 3. The number of benzene rings is 2. The second-order valence-corrected chi connectivity index (χ2v) is 10.6. The normalized spacial score (nSPS) is 25.4. The smallest absolute Gasteiger partial charge is 0.183 e. The molecule has 1 aliphatic heterocycles. The van der Waals surface area contributed by atoms with Gasteiger partial charge in [-0.15, -0.1) is 0 Å². The lowest BCUT2D eigenvalue weighted by molar-refractivity contribution is -0.206. The van der Waals surface area contributed by atoms with Crippen molar-refractivity contribution in [3.05, 3.63) is 59.4 Å². The Morgan fingerprint density at radius 2 is 1.38 bits per heavy atom. The molecule has 0 amide bonds. The summed E-state index contributed by atoms with van der Waals surface area (Å²) in [6.07, 6.45) is 13.6. The number of hydrogen-bond acceptors (Lipinski definition) is 2. The van der Waals surface area contributed by atoms with Crippen molar-refractivity contribution in [1.29, 1.82) is 0 Å². The fourth-order valence-corrected chi connectivity index (χ4v) is 5.70. The highest BCUT2D eigenvalue weighted by Crippen LogP contribution is 2.39. The molecule has 2 aromatic rings. The van der Waals surface area contributed by atoms with Crippen molar-refractivity contribution in [3.63, 3.8) is 0 Å². The molecule has 0 bridgehead atoms. The Morgan fingerprint density at radius 3 is 2.03 bits per heavy atom. The van der Waals surface area contributed by atoms with Crippen LogP contribution in [0.1, 0.15) is 108 Å². The maximum Gasteiger partial charge on any atom is 0.183 e. The third-order valence-corrected chi connectivity index (χ3v) is 7.95. The van der Waals surface area contributed by atoms with Crippen LogP contribution in [0.5, 0.6) is 0 Å². The molecule has 2 aromatic carbocycles. The summed E-state index contributed by atoms with van der Waals surface area (Å²) in [5.41, 5.74) is 3.76. The molecule has 2 aliphatic rings. The summed E-state index contributed by atoms with van der Waals surface area (Å²) in [6.45, 7) is 6.01. The summed E-state index contributed by atoms with van der Waals surface area (Å²) in [5.74, 6) is 1.78. The summed E-state index contributed by atoms with van der Waals surface area (Å²) in [5, 5.41) is 0. The van der Waals surface area contributed by atoms with Gasteiger partial charge in [0.15, 0.2) is 6.29 Å². The number of ether oxygens (including phenoxy) is 2. The first-order chi connectivity index (χ1) is 16.7. The lowest BCUT2D eigenvalue weighted by Gasteiger charge is -2.30. The zero-order chi connectivity index (χ0) is 23.8. The molecule has 34 heavy (non-hydrogen) atoms. The van der Waals surface area contributed by atoms with Gasteiger partial charge in [0.2, 0.25) is 0 Å². The van der Waals surface area contributed by atoms with Crippen molar-refractivity contribution in [2.24, 2.45) is 11.8 Å². The van der Waals surface area contributed by atoms with E-state index < -0.39 is 0 Å². The van der Waals surface area contributed by atoms with E-state index in [-0.39, 0.29) is 12.1 Å². The molecule has 0 spiro atoms. The molecular formula is C31H43FO2. The summed E-state index contributed by atoms with van der Waals surface area (Å²) in [6, 6.07) is 13.9. The first kappa shape index (κ1) is 25.4. The molecule has 1 aliphatic carbocycles. The average molecular weight is 467 g/mol. The van der Waals surface area contributed by atoms with E-state index in [1.165, 1.54) is 76.2 Å². The van der Waals surface area contributed by atoms with Gasteiger partial charge in [0.1, 0.15) is 5.82 Å². The minimum Gasteiger partial charge on any atom is -0.348 e. The van der Waals surface area contributed by atoms with Gasteiger partial charge in [-0.25, -0.2) is 4.39 Å². The first-order valence-corrected chi connectivity index (χ1v) is 13.8. The van der Waals surface area contributed by atoms with Crippen LogP contribution in [0.15, 0.2) is 42.5 Å². The van der Waals surface area contributed by atoms with E-state index in [1.54, 1.807) is 6.07 Å². The Labute approximate surface area is 206 Å². The Kier molecular flexibility index (Phi) is 9.58. The van der Waals surface area contributed by atoms with Crippen LogP contribution in [0.25, 0.3) is 11.1 Å². The number of rotatable bonds is 10. The standard InChI is InChI=1S/C31H43FO2/c1-3-5-7-9-24-21-33-31(34-22-24)27-16-14-26(15-17-27)29-19-18-28(20-30(29)32)25-12-10-23(11-13-25)8-6-4-2/h14-20,23-25,31H,3-13,21-22H2,1-2H3. The summed E-state index contributed by atoms with van der Waals surface area (Å²) < 4.78 is 27.1. The number of hydrogen-bond donors (Lipinski definition) is 0. The molecule has 0 unspecified atom stereocenters. The van der Waals surface area contributed by atoms with Crippen molar-refractivity contribution >= 4 is 0 Å². The molecule has 186 valence electrons. The average Bonchev–Trinajstić information content (AvgIpc) is 2.88. The summed E-state index contributed by atoms with van der Waals surface area (Å²) in [7, 11) is 0. The van der Waals surface area contributed by atoms with Crippen LogP contribution in [0, 0.1) is 17.7 Å². The van der Waals surface area contributed by atoms with Crippen molar-refractivity contribution in [1.82, 2.24) is 0 Å². The van der Waals surface area contributed by atoms with Crippen LogP contribution in [-0.4, -0.2) is 13.2 Å². The minimum absolute atomic E-state index is 0.113. The highest BCUT2D eigenvalue weighted by molar-refractivity contribution is 5.65. The van der Waals surface area contributed by atoms with Gasteiger partial charge in [-0.2, -0.15) is 0 Å².